The highest BCUT2D eigenvalue weighted by Crippen LogP contribution is 2.24. The molecule has 112 valence electrons. The van der Waals surface area contributed by atoms with Crippen molar-refractivity contribution in [3.8, 4) is 0 Å². The van der Waals surface area contributed by atoms with E-state index in [2.05, 4.69) is 4.90 Å². The lowest BCUT2D eigenvalue weighted by atomic mass is 10.0. The third-order valence-electron chi connectivity index (χ3n) is 3.86. The van der Waals surface area contributed by atoms with E-state index < -0.39 is 11.6 Å². The fourth-order valence-corrected chi connectivity index (χ4v) is 2.74. The highest BCUT2D eigenvalue weighted by atomic mass is 19.2. The van der Waals surface area contributed by atoms with Crippen molar-refractivity contribution in [3.05, 3.63) is 35.4 Å². The van der Waals surface area contributed by atoms with Crippen LogP contribution in [0.25, 0.3) is 0 Å². The van der Waals surface area contributed by atoms with Crippen LogP contribution in [-0.4, -0.2) is 37.2 Å². The minimum atomic E-state index is -0.827. The van der Waals surface area contributed by atoms with Gasteiger partial charge in [0.05, 0.1) is 6.10 Å². The van der Waals surface area contributed by atoms with E-state index in [1.165, 1.54) is 6.07 Å². The largest absolute Gasteiger partial charge is 0.377 e. The molecule has 3 nitrogen and oxygen atoms in total. The Bertz CT molecular complexity index is 436. The Kier molecular flexibility index (Phi) is 5.46. The van der Waals surface area contributed by atoms with Crippen LogP contribution < -0.4 is 5.73 Å². The molecule has 2 N–H and O–H groups in total. The third kappa shape index (κ3) is 3.53. The molecule has 0 aromatic heterocycles. The average Bonchev–Trinajstić information content (AvgIpc) is 2.95. The van der Waals surface area contributed by atoms with E-state index in [9.17, 15) is 8.78 Å². The van der Waals surface area contributed by atoms with Crippen molar-refractivity contribution in [1.82, 2.24) is 4.90 Å². The van der Waals surface area contributed by atoms with Gasteiger partial charge in [-0.15, -0.1) is 0 Å². The van der Waals surface area contributed by atoms with Crippen molar-refractivity contribution < 1.29 is 13.5 Å². The van der Waals surface area contributed by atoms with Gasteiger partial charge >= 0.3 is 0 Å². The van der Waals surface area contributed by atoms with Crippen molar-refractivity contribution >= 4 is 0 Å². The Balaban J connectivity index is 2.12. The zero-order chi connectivity index (χ0) is 14.5. The van der Waals surface area contributed by atoms with Gasteiger partial charge in [0.2, 0.25) is 0 Å². The summed E-state index contributed by atoms with van der Waals surface area (Å²) in [7, 11) is 0. The van der Waals surface area contributed by atoms with Gasteiger partial charge in [-0.25, -0.2) is 8.78 Å². The van der Waals surface area contributed by atoms with E-state index in [-0.39, 0.29) is 12.1 Å². The molecule has 20 heavy (non-hydrogen) atoms. The first-order chi connectivity index (χ1) is 9.65. The first-order valence-electron chi connectivity index (χ1n) is 7.16. The second-order valence-corrected chi connectivity index (χ2v) is 5.15. The van der Waals surface area contributed by atoms with Gasteiger partial charge in [-0.05, 0) is 37.1 Å². The molecular formula is C15H22F2N2O. The van der Waals surface area contributed by atoms with Crippen LogP contribution in [0.15, 0.2) is 18.2 Å². The molecule has 0 aliphatic carbocycles. The molecule has 0 amide bonds. The van der Waals surface area contributed by atoms with Crippen LogP contribution in [0, 0.1) is 11.6 Å². The number of rotatable bonds is 6. The zero-order valence-electron chi connectivity index (χ0n) is 11.8. The van der Waals surface area contributed by atoms with Gasteiger partial charge < -0.3 is 10.5 Å². The molecule has 1 fully saturated rings. The van der Waals surface area contributed by atoms with Crippen molar-refractivity contribution in [2.45, 2.75) is 31.9 Å². The van der Waals surface area contributed by atoms with E-state index >= 15 is 0 Å². The van der Waals surface area contributed by atoms with Crippen LogP contribution >= 0.6 is 0 Å². The minimum Gasteiger partial charge on any atom is -0.377 e. The average molecular weight is 284 g/mol. The van der Waals surface area contributed by atoms with Crippen molar-refractivity contribution in [1.29, 1.82) is 0 Å². The predicted octanol–water partition coefficient (Wildman–Crippen LogP) is 2.47. The highest BCUT2D eigenvalue weighted by Gasteiger charge is 2.24. The zero-order valence-corrected chi connectivity index (χ0v) is 11.8. The first kappa shape index (κ1) is 15.4. The molecule has 1 saturated heterocycles. The SMILES string of the molecule is CCN(CC1CCCO1)C(CN)c1ccc(F)c(F)c1. The molecule has 1 aliphatic rings. The second kappa shape index (κ2) is 7.11. The topological polar surface area (TPSA) is 38.5 Å². The maximum Gasteiger partial charge on any atom is 0.159 e. The molecular weight excluding hydrogens is 262 g/mol. The van der Waals surface area contributed by atoms with Crippen LogP contribution in [0.2, 0.25) is 0 Å². The number of likely N-dealkylation sites (N-methyl/N-ethyl adjacent to an activating group) is 1. The number of halogens is 2. The third-order valence-corrected chi connectivity index (χ3v) is 3.86. The molecule has 2 unspecified atom stereocenters. The number of hydrogen-bond donors (Lipinski definition) is 1. The number of nitrogens with zero attached hydrogens (tertiary/aromatic N) is 1. The predicted molar refractivity (Wildman–Crippen MR) is 74.4 cm³/mol. The van der Waals surface area contributed by atoms with Gasteiger partial charge in [0.1, 0.15) is 0 Å². The van der Waals surface area contributed by atoms with E-state index in [0.717, 1.165) is 38.6 Å². The molecule has 0 bridgehead atoms. The summed E-state index contributed by atoms with van der Waals surface area (Å²) in [5.74, 6) is -1.65. The van der Waals surface area contributed by atoms with Crippen LogP contribution in [0.4, 0.5) is 8.78 Å². The molecule has 1 aromatic rings. The van der Waals surface area contributed by atoms with Crippen molar-refractivity contribution in [3.63, 3.8) is 0 Å². The van der Waals surface area contributed by atoms with E-state index in [1.54, 1.807) is 6.07 Å². The number of nitrogens with two attached hydrogens (primary N) is 1. The van der Waals surface area contributed by atoms with Crippen LogP contribution in [-0.2, 0) is 4.74 Å². The number of hydrogen-bond acceptors (Lipinski definition) is 3. The lowest BCUT2D eigenvalue weighted by molar-refractivity contribution is 0.0601. The van der Waals surface area contributed by atoms with Gasteiger partial charge in [-0.2, -0.15) is 0 Å². The van der Waals surface area contributed by atoms with Crippen molar-refractivity contribution in [2.24, 2.45) is 5.73 Å². The Morgan fingerprint density at radius 2 is 2.20 bits per heavy atom. The maximum absolute atomic E-state index is 13.4. The van der Waals surface area contributed by atoms with Crippen LogP contribution in [0.1, 0.15) is 31.4 Å². The number of benzene rings is 1. The summed E-state index contributed by atoms with van der Waals surface area (Å²) in [5.41, 5.74) is 6.56. The molecule has 1 aromatic carbocycles. The van der Waals surface area contributed by atoms with Crippen molar-refractivity contribution in [2.75, 3.05) is 26.2 Å². The molecule has 1 heterocycles. The maximum atomic E-state index is 13.4. The summed E-state index contributed by atoms with van der Waals surface area (Å²) >= 11 is 0. The second-order valence-electron chi connectivity index (χ2n) is 5.15. The monoisotopic (exact) mass is 284 g/mol. The summed E-state index contributed by atoms with van der Waals surface area (Å²) in [6, 6.07) is 3.89. The van der Waals surface area contributed by atoms with E-state index in [0.29, 0.717) is 12.1 Å². The highest BCUT2D eigenvalue weighted by molar-refractivity contribution is 5.22. The molecule has 0 radical (unpaired) electrons. The molecule has 0 saturated carbocycles. The van der Waals surface area contributed by atoms with E-state index in [1.807, 2.05) is 6.92 Å². The summed E-state index contributed by atoms with van der Waals surface area (Å²) < 4.78 is 32.1. The normalized spacial score (nSPS) is 20.6. The summed E-state index contributed by atoms with van der Waals surface area (Å²) in [4.78, 5) is 2.17. The Morgan fingerprint density at radius 1 is 1.40 bits per heavy atom. The number of ether oxygens (including phenoxy) is 1. The fourth-order valence-electron chi connectivity index (χ4n) is 2.74. The molecule has 2 rings (SSSR count). The van der Waals surface area contributed by atoms with Crippen LogP contribution in [0.5, 0.6) is 0 Å². The van der Waals surface area contributed by atoms with Crippen LogP contribution in [0.3, 0.4) is 0 Å². The molecule has 5 heteroatoms. The Hall–Kier alpha value is -1.04. The lowest BCUT2D eigenvalue weighted by Gasteiger charge is -2.32. The smallest absolute Gasteiger partial charge is 0.159 e. The molecule has 1 aliphatic heterocycles. The fraction of sp³-hybridized carbons (Fsp3) is 0.600. The Labute approximate surface area is 118 Å². The Morgan fingerprint density at radius 3 is 2.75 bits per heavy atom. The van der Waals surface area contributed by atoms with Gasteiger partial charge in [0, 0.05) is 25.7 Å². The molecule has 2 atom stereocenters. The summed E-state index contributed by atoms with van der Waals surface area (Å²) in [5, 5.41) is 0. The van der Waals surface area contributed by atoms with Gasteiger partial charge in [0.15, 0.2) is 11.6 Å². The van der Waals surface area contributed by atoms with Gasteiger partial charge in [-0.3, -0.25) is 4.90 Å². The van der Waals surface area contributed by atoms with Gasteiger partial charge in [-0.1, -0.05) is 13.0 Å². The lowest BCUT2D eigenvalue weighted by Crippen LogP contribution is -2.38. The standard InChI is InChI=1S/C15H22F2N2O/c1-2-19(10-12-4-3-7-20-12)15(9-18)11-5-6-13(16)14(17)8-11/h5-6,8,12,15H,2-4,7,9-10,18H2,1H3. The molecule has 0 spiro atoms. The summed E-state index contributed by atoms with van der Waals surface area (Å²) in [6.45, 7) is 4.78. The summed E-state index contributed by atoms with van der Waals surface area (Å²) in [6.07, 6.45) is 2.35. The van der Waals surface area contributed by atoms with Gasteiger partial charge in [0.25, 0.3) is 0 Å². The minimum absolute atomic E-state index is 0.112. The first-order valence-corrected chi connectivity index (χ1v) is 7.16. The quantitative estimate of drug-likeness (QED) is 0.872. The van der Waals surface area contributed by atoms with E-state index in [4.69, 9.17) is 10.5 Å².